The van der Waals surface area contributed by atoms with Gasteiger partial charge in [0.25, 0.3) is 5.56 Å². The zero-order chi connectivity index (χ0) is 18.2. The second-order valence-electron chi connectivity index (χ2n) is 6.48. The Morgan fingerprint density at radius 3 is 2.48 bits per heavy atom. The summed E-state index contributed by atoms with van der Waals surface area (Å²) < 4.78 is 29.8. The third-order valence-corrected chi connectivity index (χ3v) is 5.78. The van der Waals surface area contributed by atoms with Gasteiger partial charge in [-0.1, -0.05) is 0 Å². The zero-order valence-electron chi connectivity index (χ0n) is 14.8. The van der Waals surface area contributed by atoms with Crippen LogP contribution in [0.2, 0.25) is 0 Å². The molecule has 0 amide bonds. The molecule has 0 unspecified atom stereocenters. The van der Waals surface area contributed by atoms with Crippen LogP contribution in [0, 0.1) is 6.92 Å². The molecule has 0 saturated heterocycles. The fourth-order valence-corrected chi connectivity index (χ4v) is 4.19. The van der Waals surface area contributed by atoms with Crippen LogP contribution < -0.4 is 10.3 Å². The van der Waals surface area contributed by atoms with Gasteiger partial charge in [-0.25, -0.2) is 8.42 Å². The summed E-state index contributed by atoms with van der Waals surface area (Å²) in [5.41, 5.74) is 4.20. The maximum Gasteiger partial charge on any atom is 0.251 e. The maximum atomic E-state index is 12.3. The van der Waals surface area contributed by atoms with Gasteiger partial charge in [0.05, 0.1) is 11.5 Å². The lowest BCUT2D eigenvalue weighted by atomic mass is 9.86. The average molecular weight is 361 g/mol. The number of aromatic nitrogens is 1. The van der Waals surface area contributed by atoms with Gasteiger partial charge in [-0.2, -0.15) is 0 Å². The van der Waals surface area contributed by atoms with E-state index in [9.17, 15) is 13.2 Å². The van der Waals surface area contributed by atoms with Crippen molar-refractivity contribution in [2.75, 3.05) is 12.9 Å². The van der Waals surface area contributed by atoms with Gasteiger partial charge < -0.3 is 9.72 Å². The molecule has 3 rings (SSSR count). The Hall–Kier alpha value is -2.08. The zero-order valence-corrected chi connectivity index (χ0v) is 15.6. The molecule has 1 aromatic carbocycles. The quantitative estimate of drug-likeness (QED) is 0.908. The Labute approximate surface area is 148 Å². The van der Waals surface area contributed by atoms with Crippen molar-refractivity contribution in [3.8, 4) is 16.9 Å². The van der Waals surface area contributed by atoms with Crippen LogP contribution in [-0.4, -0.2) is 26.3 Å². The number of aryl methyl sites for hydroxylation is 1. The smallest absolute Gasteiger partial charge is 0.251 e. The van der Waals surface area contributed by atoms with E-state index in [-0.39, 0.29) is 10.5 Å². The topological polar surface area (TPSA) is 76.2 Å². The van der Waals surface area contributed by atoms with Crippen LogP contribution in [0.4, 0.5) is 0 Å². The van der Waals surface area contributed by atoms with E-state index in [1.165, 1.54) is 6.26 Å². The largest absolute Gasteiger partial charge is 0.493 e. The first-order valence-corrected chi connectivity index (χ1v) is 10.4. The van der Waals surface area contributed by atoms with E-state index in [1.807, 2.05) is 13.8 Å². The highest BCUT2D eigenvalue weighted by atomic mass is 32.2. The van der Waals surface area contributed by atoms with Crippen LogP contribution in [0.25, 0.3) is 11.1 Å². The minimum atomic E-state index is -3.33. The number of sulfone groups is 1. The fraction of sp³-hybridized carbons (Fsp3) is 0.421. The summed E-state index contributed by atoms with van der Waals surface area (Å²) in [5.74, 6) is 0.637. The monoisotopic (exact) mass is 361 g/mol. The minimum Gasteiger partial charge on any atom is -0.493 e. The lowest BCUT2D eigenvalue weighted by Gasteiger charge is -2.22. The summed E-state index contributed by atoms with van der Waals surface area (Å²) in [7, 11) is -3.33. The van der Waals surface area contributed by atoms with E-state index in [0.717, 1.165) is 53.6 Å². The Morgan fingerprint density at radius 2 is 1.84 bits per heavy atom. The first-order valence-electron chi connectivity index (χ1n) is 8.54. The number of benzene rings is 1. The number of hydrogen-bond donors (Lipinski definition) is 1. The maximum absolute atomic E-state index is 12.3. The third-order valence-electron chi connectivity index (χ3n) is 4.67. The number of ether oxygens (including phenoxy) is 1. The molecule has 6 heteroatoms. The summed E-state index contributed by atoms with van der Waals surface area (Å²) in [6.07, 6.45) is 4.80. The van der Waals surface area contributed by atoms with Crippen molar-refractivity contribution in [1.82, 2.24) is 4.98 Å². The Balaban J connectivity index is 2.34. The van der Waals surface area contributed by atoms with Crippen LogP contribution in [0.5, 0.6) is 5.75 Å². The van der Waals surface area contributed by atoms with Crippen LogP contribution >= 0.6 is 0 Å². The Kier molecular flexibility index (Phi) is 4.73. The molecular weight excluding hydrogens is 338 g/mol. The number of fused-ring (bicyclic) bond motifs is 1. The van der Waals surface area contributed by atoms with Crippen molar-refractivity contribution in [2.45, 2.75) is 44.4 Å². The molecule has 25 heavy (non-hydrogen) atoms. The van der Waals surface area contributed by atoms with Crippen molar-refractivity contribution in [3.63, 3.8) is 0 Å². The molecule has 1 aromatic heterocycles. The summed E-state index contributed by atoms with van der Waals surface area (Å²) >= 11 is 0. The number of aromatic amines is 1. The second-order valence-corrected chi connectivity index (χ2v) is 8.50. The van der Waals surface area contributed by atoms with E-state index in [1.54, 1.807) is 18.2 Å². The van der Waals surface area contributed by atoms with E-state index in [2.05, 4.69) is 4.98 Å². The van der Waals surface area contributed by atoms with Gasteiger partial charge in [0, 0.05) is 28.6 Å². The number of pyridine rings is 1. The van der Waals surface area contributed by atoms with Gasteiger partial charge in [0.1, 0.15) is 5.75 Å². The SMILES string of the molecule is CCOc1ccc(S(C)(=O)=O)cc1-c1c(C)[nH]c(=O)c2c1CCCC2. The summed E-state index contributed by atoms with van der Waals surface area (Å²) in [4.78, 5) is 15.5. The van der Waals surface area contributed by atoms with Gasteiger partial charge in [0.2, 0.25) is 0 Å². The molecule has 0 fully saturated rings. The molecular formula is C19H23NO4S. The molecule has 0 bridgehead atoms. The normalized spacial score (nSPS) is 14.2. The molecule has 5 nitrogen and oxygen atoms in total. The highest BCUT2D eigenvalue weighted by molar-refractivity contribution is 7.90. The molecule has 0 radical (unpaired) electrons. The van der Waals surface area contributed by atoms with E-state index in [4.69, 9.17) is 4.74 Å². The number of hydrogen-bond acceptors (Lipinski definition) is 4. The summed E-state index contributed by atoms with van der Waals surface area (Å²) in [5, 5.41) is 0. The van der Waals surface area contributed by atoms with Crippen molar-refractivity contribution in [3.05, 3.63) is 45.4 Å². The standard InChI is InChI=1S/C19H23NO4S/c1-4-24-17-10-9-13(25(3,22)23)11-16(17)18-12(2)20-19(21)15-8-6-5-7-14(15)18/h9-11H,4-8H2,1-3H3,(H,20,21). The lowest BCUT2D eigenvalue weighted by Crippen LogP contribution is -2.21. The van der Waals surface area contributed by atoms with Crippen molar-refractivity contribution >= 4 is 9.84 Å². The van der Waals surface area contributed by atoms with E-state index >= 15 is 0 Å². The van der Waals surface area contributed by atoms with Gasteiger partial charge in [-0.15, -0.1) is 0 Å². The van der Waals surface area contributed by atoms with Crippen molar-refractivity contribution in [1.29, 1.82) is 0 Å². The molecule has 0 saturated carbocycles. The molecule has 2 aromatic rings. The summed E-state index contributed by atoms with van der Waals surface area (Å²) in [6.45, 7) is 4.23. The molecule has 134 valence electrons. The highest BCUT2D eigenvalue weighted by Crippen LogP contribution is 2.38. The number of nitrogens with one attached hydrogen (secondary N) is 1. The van der Waals surface area contributed by atoms with Crippen LogP contribution in [0.1, 0.15) is 36.6 Å². The van der Waals surface area contributed by atoms with E-state index < -0.39 is 9.84 Å². The van der Waals surface area contributed by atoms with Crippen LogP contribution in [0.3, 0.4) is 0 Å². The predicted octanol–water partition coefficient (Wildman–Crippen LogP) is 3.03. The molecule has 1 N–H and O–H groups in total. The first-order chi connectivity index (χ1) is 11.8. The van der Waals surface area contributed by atoms with Crippen LogP contribution in [-0.2, 0) is 22.7 Å². The molecule has 0 spiro atoms. The van der Waals surface area contributed by atoms with E-state index in [0.29, 0.717) is 12.4 Å². The molecule has 1 heterocycles. The Bertz CT molecular complexity index is 974. The fourth-order valence-electron chi connectivity index (χ4n) is 3.55. The third kappa shape index (κ3) is 3.35. The summed E-state index contributed by atoms with van der Waals surface area (Å²) in [6, 6.07) is 4.93. The average Bonchev–Trinajstić information content (AvgIpc) is 2.55. The van der Waals surface area contributed by atoms with Gasteiger partial charge >= 0.3 is 0 Å². The number of H-pyrrole nitrogens is 1. The highest BCUT2D eigenvalue weighted by Gasteiger charge is 2.23. The molecule has 0 aliphatic heterocycles. The van der Waals surface area contributed by atoms with Crippen molar-refractivity contribution < 1.29 is 13.2 Å². The van der Waals surface area contributed by atoms with Gasteiger partial charge in [-0.3, -0.25) is 4.79 Å². The van der Waals surface area contributed by atoms with Crippen LogP contribution in [0.15, 0.2) is 27.9 Å². The first kappa shape index (κ1) is 17.7. The minimum absolute atomic E-state index is 0.0341. The van der Waals surface area contributed by atoms with Gasteiger partial charge in [0.15, 0.2) is 9.84 Å². The molecule has 1 aliphatic carbocycles. The second kappa shape index (κ2) is 6.67. The van der Waals surface area contributed by atoms with Crippen molar-refractivity contribution in [2.24, 2.45) is 0 Å². The number of rotatable bonds is 4. The molecule has 1 aliphatic rings. The lowest BCUT2D eigenvalue weighted by molar-refractivity contribution is 0.341. The molecule has 0 atom stereocenters. The predicted molar refractivity (Wildman–Crippen MR) is 98.2 cm³/mol. The van der Waals surface area contributed by atoms with Gasteiger partial charge in [-0.05, 0) is 63.3 Å². The Morgan fingerprint density at radius 1 is 1.16 bits per heavy atom.